The summed E-state index contributed by atoms with van der Waals surface area (Å²) in [6, 6.07) is 14.9. The molecule has 180 valence electrons. The number of aromatic nitrogens is 1. The number of carbonyl (C=O) groups is 2. The summed E-state index contributed by atoms with van der Waals surface area (Å²) >= 11 is 6.60. The van der Waals surface area contributed by atoms with E-state index in [1.54, 1.807) is 60.3 Å². The van der Waals surface area contributed by atoms with Gasteiger partial charge in [0.15, 0.2) is 5.43 Å². The van der Waals surface area contributed by atoms with Crippen molar-refractivity contribution in [3.05, 3.63) is 81.4 Å². The summed E-state index contributed by atoms with van der Waals surface area (Å²) in [5.41, 5.74) is 1.82. The van der Waals surface area contributed by atoms with Gasteiger partial charge >= 0.3 is 6.03 Å². The van der Waals surface area contributed by atoms with Crippen LogP contribution in [0.15, 0.2) is 75.9 Å². The summed E-state index contributed by atoms with van der Waals surface area (Å²) in [6.07, 6.45) is 1.74. The number of pyridine rings is 1. The third-order valence-corrected chi connectivity index (χ3v) is 8.20. The van der Waals surface area contributed by atoms with Crippen molar-refractivity contribution in [1.82, 2.24) is 9.29 Å². The molecule has 0 spiro atoms. The number of hydrogen-bond donors (Lipinski definition) is 2. The maximum Gasteiger partial charge on any atom is 0.333 e. The van der Waals surface area contributed by atoms with Gasteiger partial charge in [0.2, 0.25) is 5.91 Å². The average molecular weight is 531 g/mol. The summed E-state index contributed by atoms with van der Waals surface area (Å²) in [4.78, 5) is 38.5. The van der Waals surface area contributed by atoms with Crippen LogP contribution in [0, 0.1) is 0 Å². The maximum absolute atomic E-state index is 12.6. The first-order valence-corrected chi connectivity index (χ1v) is 12.8. The molecule has 0 saturated carbocycles. The molecular formula is C23H19ClN4O5S2. The standard InChI is InChI=1S/C23H19ClN4O5S2/c1-14(29)27(2)22-21-15(4-3-5-18(21)30)12-13-28(22)17-8-6-16(7-9-17)25-23(31)26-35(32,33)20-11-10-19(24)34-20/h3-13H,1-2H3,(H2,25,26,31). The predicted octanol–water partition coefficient (Wildman–Crippen LogP) is 4.15. The number of carbonyl (C=O) groups excluding carboxylic acids is 2. The number of hydrogen-bond acceptors (Lipinski definition) is 6. The molecule has 2 heterocycles. The average Bonchev–Trinajstić information content (AvgIpc) is 3.25. The molecule has 3 amide bonds. The molecule has 2 N–H and O–H groups in total. The Bertz CT molecular complexity index is 1560. The van der Waals surface area contributed by atoms with E-state index in [2.05, 4.69) is 5.32 Å². The number of nitrogens with zero attached hydrogens (tertiary/aromatic N) is 2. The van der Waals surface area contributed by atoms with Crippen LogP contribution in [-0.4, -0.2) is 32.0 Å². The Morgan fingerprint density at radius 3 is 2.37 bits per heavy atom. The lowest BCUT2D eigenvalue weighted by molar-refractivity contribution is -0.116. The fourth-order valence-corrected chi connectivity index (χ4v) is 5.83. The number of nitrogens with one attached hydrogen (secondary N) is 2. The molecule has 12 heteroatoms. The highest BCUT2D eigenvalue weighted by Crippen LogP contribution is 2.32. The summed E-state index contributed by atoms with van der Waals surface area (Å²) in [5.74, 6) is 0.150. The highest BCUT2D eigenvalue weighted by molar-refractivity contribution is 7.92. The van der Waals surface area contributed by atoms with E-state index < -0.39 is 16.1 Å². The minimum absolute atomic E-state index is 0.0828. The number of benzene rings is 2. The molecule has 2 aliphatic rings. The van der Waals surface area contributed by atoms with E-state index in [9.17, 15) is 22.8 Å². The first-order chi connectivity index (χ1) is 16.6. The van der Waals surface area contributed by atoms with Crippen molar-refractivity contribution in [3.63, 3.8) is 0 Å². The Kier molecular flexibility index (Phi) is 6.66. The minimum atomic E-state index is -4.06. The third-order valence-electron chi connectivity index (χ3n) is 5.15. The monoisotopic (exact) mass is 530 g/mol. The van der Waals surface area contributed by atoms with E-state index in [0.717, 1.165) is 11.3 Å². The molecule has 1 aromatic heterocycles. The lowest BCUT2D eigenvalue weighted by atomic mass is 10.0. The first kappa shape index (κ1) is 24.5. The van der Waals surface area contributed by atoms with Gasteiger partial charge in [0.1, 0.15) is 10.0 Å². The zero-order valence-corrected chi connectivity index (χ0v) is 20.9. The molecule has 0 unspecified atom stereocenters. The molecule has 1 aliphatic carbocycles. The van der Waals surface area contributed by atoms with Crippen LogP contribution in [0.2, 0.25) is 4.34 Å². The summed E-state index contributed by atoms with van der Waals surface area (Å²) < 4.78 is 28.4. The Morgan fingerprint density at radius 1 is 1.03 bits per heavy atom. The molecular weight excluding hydrogens is 512 g/mol. The second-order valence-electron chi connectivity index (χ2n) is 7.47. The van der Waals surface area contributed by atoms with Crippen molar-refractivity contribution in [1.29, 1.82) is 0 Å². The number of anilines is 2. The molecule has 1 aromatic carbocycles. The second kappa shape index (κ2) is 9.53. The minimum Gasteiger partial charge on any atom is -0.307 e. The van der Waals surface area contributed by atoms with Crippen LogP contribution in [-0.2, 0) is 14.8 Å². The summed E-state index contributed by atoms with van der Waals surface area (Å²) in [7, 11) is -2.47. The van der Waals surface area contributed by atoms with Crippen LogP contribution in [0.5, 0.6) is 0 Å². The molecule has 9 nitrogen and oxygen atoms in total. The molecule has 0 radical (unpaired) electrons. The Morgan fingerprint density at radius 2 is 1.74 bits per heavy atom. The number of halogens is 1. The number of sulfonamides is 1. The van der Waals surface area contributed by atoms with Crippen molar-refractivity contribution in [2.75, 3.05) is 17.3 Å². The van der Waals surface area contributed by atoms with Crippen molar-refractivity contribution in [3.8, 4) is 16.8 Å². The van der Waals surface area contributed by atoms with Gasteiger partial charge in [0.05, 0.1) is 9.90 Å². The lowest BCUT2D eigenvalue weighted by Gasteiger charge is -2.25. The normalized spacial score (nSPS) is 11.3. The molecule has 0 saturated heterocycles. The van der Waals surface area contributed by atoms with E-state index in [4.69, 9.17) is 11.6 Å². The Hall–Kier alpha value is -3.67. The topological polar surface area (TPSA) is 118 Å². The van der Waals surface area contributed by atoms with Crippen LogP contribution in [0.3, 0.4) is 0 Å². The SMILES string of the molecule is CC(=O)N(C)c1c2c(=O)cccc-2ccn1-c1ccc(NC(=O)NS(=O)(=O)c2ccc(Cl)s2)cc1. The summed E-state index contributed by atoms with van der Waals surface area (Å²) in [6.45, 7) is 1.40. The van der Waals surface area contributed by atoms with Crippen molar-refractivity contribution < 1.29 is 18.0 Å². The highest BCUT2D eigenvalue weighted by Gasteiger charge is 2.22. The van der Waals surface area contributed by atoms with Gasteiger partial charge in [-0.2, -0.15) is 0 Å². The third kappa shape index (κ3) is 5.06. The molecule has 2 aromatic rings. The van der Waals surface area contributed by atoms with E-state index in [1.165, 1.54) is 30.0 Å². The van der Waals surface area contributed by atoms with E-state index in [-0.39, 0.29) is 19.9 Å². The van der Waals surface area contributed by atoms with Crippen LogP contribution >= 0.6 is 22.9 Å². The van der Waals surface area contributed by atoms with Gasteiger partial charge < -0.3 is 14.8 Å². The summed E-state index contributed by atoms with van der Waals surface area (Å²) in [5, 5.41) is 2.47. The van der Waals surface area contributed by atoms with Gasteiger partial charge in [-0.25, -0.2) is 17.9 Å². The van der Waals surface area contributed by atoms with Crippen LogP contribution in [0.1, 0.15) is 6.92 Å². The number of thiophene rings is 1. The Labute approximate surface area is 210 Å². The van der Waals surface area contributed by atoms with E-state index >= 15 is 0 Å². The number of amides is 3. The first-order valence-electron chi connectivity index (χ1n) is 10.1. The smallest absolute Gasteiger partial charge is 0.307 e. The number of fused-ring (bicyclic) bond motifs is 1. The van der Waals surface area contributed by atoms with Gasteiger partial charge in [-0.1, -0.05) is 23.7 Å². The van der Waals surface area contributed by atoms with Crippen molar-refractivity contribution in [2.45, 2.75) is 11.1 Å². The van der Waals surface area contributed by atoms with E-state index in [0.29, 0.717) is 28.3 Å². The predicted molar refractivity (Wildman–Crippen MR) is 136 cm³/mol. The molecule has 0 atom stereocenters. The van der Waals surface area contributed by atoms with Gasteiger partial charge in [0, 0.05) is 31.5 Å². The molecule has 0 bridgehead atoms. The highest BCUT2D eigenvalue weighted by atomic mass is 35.5. The largest absolute Gasteiger partial charge is 0.333 e. The zero-order chi connectivity index (χ0) is 25.3. The second-order valence-corrected chi connectivity index (χ2v) is 11.1. The quantitative estimate of drug-likeness (QED) is 0.402. The van der Waals surface area contributed by atoms with Crippen molar-refractivity contribution in [2.24, 2.45) is 0 Å². The fraction of sp³-hybridized carbons (Fsp3) is 0.0870. The van der Waals surface area contributed by atoms with Crippen LogP contribution in [0.25, 0.3) is 16.8 Å². The van der Waals surface area contributed by atoms with Gasteiger partial charge in [-0.3, -0.25) is 9.59 Å². The number of urea groups is 1. The van der Waals surface area contributed by atoms with E-state index in [1.807, 2.05) is 4.72 Å². The maximum atomic E-state index is 12.6. The van der Waals surface area contributed by atoms with Crippen LogP contribution < -0.4 is 20.4 Å². The molecule has 4 rings (SSSR count). The van der Waals surface area contributed by atoms with Gasteiger partial charge in [-0.05, 0) is 54.1 Å². The zero-order valence-electron chi connectivity index (χ0n) is 18.5. The molecule has 35 heavy (non-hydrogen) atoms. The molecule has 1 aliphatic heterocycles. The van der Waals surface area contributed by atoms with Gasteiger partial charge in [0.25, 0.3) is 10.0 Å². The fourth-order valence-electron chi connectivity index (χ4n) is 3.44. The van der Waals surface area contributed by atoms with Crippen LogP contribution in [0.4, 0.5) is 16.3 Å². The number of rotatable bonds is 5. The molecule has 0 fully saturated rings. The van der Waals surface area contributed by atoms with Crippen molar-refractivity contribution >= 4 is 56.4 Å². The lowest BCUT2D eigenvalue weighted by Crippen LogP contribution is -2.33. The Balaban J connectivity index is 1.62. The van der Waals surface area contributed by atoms with Gasteiger partial charge in [-0.15, -0.1) is 11.3 Å².